The largest absolute Gasteiger partial charge is 0.312 e. The van der Waals surface area contributed by atoms with Crippen LogP contribution in [0.15, 0.2) is 24.3 Å². The standard InChI is InChI=1S/C16H18N4O3/c1-11-16(20(22)23)12(2)19(17-11)10-8-15(21)18-9-7-13-5-3-4-6-14(13)18/h3-6H,7-10H2,1-2H3. The highest BCUT2D eigenvalue weighted by molar-refractivity contribution is 5.95. The van der Waals surface area contributed by atoms with Gasteiger partial charge in [-0.3, -0.25) is 19.6 Å². The van der Waals surface area contributed by atoms with E-state index in [1.807, 2.05) is 24.3 Å². The molecule has 0 spiro atoms. The normalized spacial score (nSPS) is 13.2. The van der Waals surface area contributed by atoms with Gasteiger partial charge in [0.05, 0.1) is 11.5 Å². The second-order valence-electron chi connectivity index (χ2n) is 5.67. The third-order valence-corrected chi connectivity index (χ3v) is 4.25. The number of carbonyl (C=O) groups excluding carboxylic acids is 1. The fourth-order valence-corrected chi connectivity index (χ4v) is 3.10. The van der Waals surface area contributed by atoms with Gasteiger partial charge in [0.25, 0.3) is 0 Å². The topological polar surface area (TPSA) is 81.3 Å². The van der Waals surface area contributed by atoms with Crippen molar-refractivity contribution in [2.45, 2.75) is 33.2 Å². The van der Waals surface area contributed by atoms with Crippen molar-refractivity contribution in [1.82, 2.24) is 9.78 Å². The molecule has 0 radical (unpaired) electrons. The predicted octanol–water partition coefficient (Wildman–Crippen LogP) is 2.39. The number of carbonyl (C=O) groups is 1. The number of hydrogen-bond donors (Lipinski definition) is 0. The maximum absolute atomic E-state index is 12.5. The number of amides is 1. The quantitative estimate of drug-likeness (QED) is 0.641. The van der Waals surface area contributed by atoms with E-state index in [4.69, 9.17) is 0 Å². The summed E-state index contributed by atoms with van der Waals surface area (Å²) in [5.41, 5.74) is 3.05. The second kappa shape index (κ2) is 5.83. The van der Waals surface area contributed by atoms with Gasteiger partial charge in [-0.05, 0) is 31.9 Å². The number of anilines is 1. The summed E-state index contributed by atoms with van der Waals surface area (Å²) < 4.78 is 1.55. The number of hydrogen-bond acceptors (Lipinski definition) is 4. The van der Waals surface area contributed by atoms with Gasteiger partial charge in [-0.15, -0.1) is 0 Å². The Hall–Kier alpha value is -2.70. The average Bonchev–Trinajstić information content (AvgIpc) is 3.06. The van der Waals surface area contributed by atoms with Crippen molar-refractivity contribution in [2.24, 2.45) is 0 Å². The van der Waals surface area contributed by atoms with Gasteiger partial charge in [-0.25, -0.2) is 0 Å². The van der Waals surface area contributed by atoms with Crippen LogP contribution in [0.3, 0.4) is 0 Å². The number of nitro groups is 1. The first-order valence-corrected chi connectivity index (χ1v) is 7.55. The van der Waals surface area contributed by atoms with Gasteiger partial charge >= 0.3 is 5.69 Å². The van der Waals surface area contributed by atoms with Crippen LogP contribution in [0.1, 0.15) is 23.4 Å². The lowest BCUT2D eigenvalue weighted by Crippen LogP contribution is -2.29. The molecule has 1 aliphatic heterocycles. The molecule has 0 fully saturated rings. The van der Waals surface area contributed by atoms with E-state index < -0.39 is 4.92 Å². The Bertz CT molecular complexity index is 782. The zero-order chi connectivity index (χ0) is 16.6. The number of fused-ring (bicyclic) bond motifs is 1. The van der Waals surface area contributed by atoms with E-state index in [0.29, 0.717) is 24.5 Å². The molecule has 1 aliphatic rings. The van der Waals surface area contributed by atoms with Crippen molar-refractivity contribution in [2.75, 3.05) is 11.4 Å². The minimum atomic E-state index is -0.424. The first-order chi connectivity index (χ1) is 11.0. The van der Waals surface area contributed by atoms with E-state index >= 15 is 0 Å². The van der Waals surface area contributed by atoms with Gasteiger partial charge in [-0.1, -0.05) is 18.2 Å². The van der Waals surface area contributed by atoms with Crippen LogP contribution in [0.5, 0.6) is 0 Å². The summed E-state index contributed by atoms with van der Waals surface area (Å²) in [5, 5.41) is 15.2. The molecule has 0 bridgehead atoms. The highest BCUT2D eigenvalue weighted by atomic mass is 16.6. The Morgan fingerprint density at radius 2 is 2.09 bits per heavy atom. The molecular weight excluding hydrogens is 296 g/mol. The zero-order valence-corrected chi connectivity index (χ0v) is 13.2. The Morgan fingerprint density at radius 3 is 2.78 bits per heavy atom. The van der Waals surface area contributed by atoms with E-state index in [1.54, 1.807) is 23.4 Å². The maximum Gasteiger partial charge on any atom is 0.312 e. The van der Waals surface area contributed by atoms with Crippen molar-refractivity contribution in [1.29, 1.82) is 0 Å². The molecule has 0 unspecified atom stereocenters. The Balaban J connectivity index is 1.71. The Morgan fingerprint density at radius 1 is 1.35 bits per heavy atom. The molecular formula is C16H18N4O3. The summed E-state index contributed by atoms with van der Waals surface area (Å²) in [5.74, 6) is 0.0187. The highest BCUT2D eigenvalue weighted by Gasteiger charge is 2.25. The van der Waals surface area contributed by atoms with Crippen LogP contribution in [0.4, 0.5) is 11.4 Å². The molecule has 0 N–H and O–H groups in total. The minimum absolute atomic E-state index is 0.0187. The molecule has 1 amide bonds. The van der Waals surface area contributed by atoms with E-state index in [1.165, 1.54) is 5.56 Å². The van der Waals surface area contributed by atoms with Crippen molar-refractivity contribution >= 4 is 17.3 Å². The Kier molecular flexibility index (Phi) is 3.85. The number of para-hydroxylation sites is 1. The number of rotatable bonds is 4. The molecule has 1 aromatic carbocycles. The van der Waals surface area contributed by atoms with Crippen molar-refractivity contribution in [3.05, 3.63) is 51.3 Å². The molecule has 2 heterocycles. The van der Waals surface area contributed by atoms with Gasteiger partial charge in [0.1, 0.15) is 11.4 Å². The zero-order valence-electron chi connectivity index (χ0n) is 13.2. The van der Waals surface area contributed by atoms with Crippen LogP contribution in [-0.4, -0.2) is 27.2 Å². The van der Waals surface area contributed by atoms with Crippen LogP contribution in [-0.2, 0) is 17.8 Å². The van der Waals surface area contributed by atoms with Crippen LogP contribution in [0.2, 0.25) is 0 Å². The fraction of sp³-hybridized carbons (Fsp3) is 0.375. The van der Waals surface area contributed by atoms with Crippen molar-refractivity contribution in [3.8, 4) is 0 Å². The fourth-order valence-electron chi connectivity index (χ4n) is 3.10. The summed E-state index contributed by atoms with van der Waals surface area (Å²) in [7, 11) is 0. The highest BCUT2D eigenvalue weighted by Crippen LogP contribution is 2.28. The summed E-state index contributed by atoms with van der Waals surface area (Å²) in [6, 6.07) is 7.89. The molecule has 120 valence electrons. The monoisotopic (exact) mass is 314 g/mol. The lowest BCUT2D eigenvalue weighted by Gasteiger charge is -2.17. The van der Waals surface area contributed by atoms with E-state index in [2.05, 4.69) is 5.10 Å². The van der Waals surface area contributed by atoms with Crippen molar-refractivity contribution < 1.29 is 9.72 Å². The summed E-state index contributed by atoms with van der Waals surface area (Å²) in [4.78, 5) is 24.9. The van der Waals surface area contributed by atoms with Crippen molar-refractivity contribution in [3.63, 3.8) is 0 Å². The smallest absolute Gasteiger partial charge is 0.312 e. The molecule has 7 nitrogen and oxygen atoms in total. The van der Waals surface area contributed by atoms with E-state index in [-0.39, 0.29) is 18.0 Å². The van der Waals surface area contributed by atoms with Gasteiger partial charge in [-0.2, -0.15) is 5.10 Å². The maximum atomic E-state index is 12.5. The lowest BCUT2D eigenvalue weighted by atomic mass is 10.2. The third-order valence-electron chi connectivity index (χ3n) is 4.25. The van der Waals surface area contributed by atoms with E-state index in [0.717, 1.165) is 12.1 Å². The summed E-state index contributed by atoms with van der Waals surface area (Å²) in [6.07, 6.45) is 1.14. The average molecular weight is 314 g/mol. The lowest BCUT2D eigenvalue weighted by molar-refractivity contribution is -0.386. The SMILES string of the molecule is Cc1nn(CCC(=O)N2CCc3ccccc32)c(C)c1[N+](=O)[O-]. The molecule has 7 heteroatoms. The molecule has 1 aromatic heterocycles. The number of nitrogens with zero attached hydrogens (tertiary/aromatic N) is 4. The Labute approximate surface area is 133 Å². The molecule has 3 rings (SSSR count). The molecule has 23 heavy (non-hydrogen) atoms. The summed E-state index contributed by atoms with van der Waals surface area (Å²) in [6.45, 7) is 4.31. The number of aromatic nitrogens is 2. The van der Waals surface area contributed by atoms with E-state index in [9.17, 15) is 14.9 Å². The van der Waals surface area contributed by atoms with Crippen LogP contribution >= 0.6 is 0 Å². The van der Waals surface area contributed by atoms with Crippen LogP contribution < -0.4 is 4.90 Å². The molecule has 0 atom stereocenters. The molecule has 0 saturated carbocycles. The predicted molar refractivity (Wildman–Crippen MR) is 85.5 cm³/mol. The van der Waals surface area contributed by atoms with Crippen LogP contribution in [0, 0.1) is 24.0 Å². The molecule has 0 aliphatic carbocycles. The first-order valence-electron chi connectivity index (χ1n) is 7.55. The third kappa shape index (κ3) is 2.69. The number of aryl methyl sites for hydroxylation is 2. The molecule has 0 saturated heterocycles. The van der Waals surface area contributed by atoms with Gasteiger partial charge in [0.15, 0.2) is 0 Å². The van der Waals surface area contributed by atoms with Gasteiger partial charge < -0.3 is 4.90 Å². The van der Waals surface area contributed by atoms with Gasteiger partial charge in [0.2, 0.25) is 5.91 Å². The molecule has 2 aromatic rings. The second-order valence-corrected chi connectivity index (χ2v) is 5.67. The van der Waals surface area contributed by atoms with Crippen LogP contribution in [0.25, 0.3) is 0 Å². The van der Waals surface area contributed by atoms with Gasteiger partial charge in [0, 0.05) is 18.7 Å². The number of benzene rings is 1. The minimum Gasteiger partial charge on any atom is -0.312 e. The summed E-state index contributed by atoms with van der Waals surface area (Å²) >= 11 is 0. The first kappa shape index (κ1) is 15.2.